The molecule has 0 bridgehead atoms. The Morgan fingerprint density at radius 2 is 2.17 bits per heavy atom. The maximum Gasteiger partial charge on any atom is 0.253 e. The van der Waals surface area contributed by atoms with E-state index in [-0.39, 0.29) is 17.7 Å². The van der Waals surface area contributed by atoms with Crippen molar-refractivity contribution in [3.05, 3.63) is 59.4 Å². The Balaban J connectivity index is 1.61. The predicted octanol–water partition coefficient (Wildman–Crippen LogP) is 1.90. The summed E-state index contributed by atoms with van der Waals surface area (Å²) in [6.07, 6.45) is 3.29. The Morgan fingerprint density at radius 1 is 1.31 bits per heavy atom. The lowest BCUT2D eigenvalue weighted by molar-refractivity contribution is -0.126. The number of benzene rings is 1. The molecule has 0 saturated carbocycles. The lowest BCUT2D eigenvalue weighted by atomic mass is 9.96. The number of carbonyl (C=O) groups excluding carboxylic acids is 2. The molecular formula is C22H28N4O3. The molecule has 1 aliphatic heterocycles. The summed E-state index contributed by atoms with van der Waals surface area (Å²) in [4.78, 5) is 31.2. The first-order valence-electron chi connectivity index (χ1n) is 9.98. The van der Waals surface area contributed by atoms with Crippen LogP contribution < -0.4 is 15.8 Å². The quantitative estimate of drug-likeness (QED) is 0.745. The average Bonchev–Trinajstić information content (AvgIpc) is 2.77. The van der Waals surface area contributed by atoms with E-state index < -0.39 is 0 Å². The van der Waals surface area contributed by atoms with Crippen LogP contribution in [0, 0.1) is 12.8 Å². The van der Waals surface area contributed by atoms with Crippen molar-refractivity contribution in [2.24, 2.45) is 11.7 Å². The van der Waals surface area contributed by atoms with Crippen LogP contribution in [0.4, 0.5) is 0 Å². The molecule has 29 heavy (non-hydrogen) atoms. The molecule has 2 heterocycles. The second-order valence-electron chi connectivity index (χ2n) is 7.29. The smallest absolute Gasteiger partial charge is 0.253 e. The molecule has 1 aliphatic rings. The lowest BCUT2D eigenvalue weighted by Gasteiger charge is -2.32. The second kappa shape index (κ2) is 10.0. The molecule has 0 radical (unpaired) electrons. The van der Waals surface area contributed by atoms with E-state index >= 15 is 0 Å². The maximum absolute atomic E-state index is 13.0. The van der Waals surface area contributed by atoms with Gasteiger partial charge in [0.2, 0.25) is 5.91 Å². The molecule has 0 spiro atoms. The van der Waals surface area contributed by atoms with Crippen LogP contribution in [0.3, 0.4) is 0 Å². The fraction of sp³-hybridized carbons (Fsp3) is 0.409. The van der Waals surface area contributed by atoms with Gasteiger partial charge in [-0.1, -0.05) is 12.1 Å². The second-order valence-corrected chi connectivity index (χ2v) is 7.29. The molecule has 2 aromatic rings. The van der Waals surface area contributed by atoms with Gasteiger partial charge in [-0.15, -0.1) is 0 Å². The molecule has 1 fully saturated rings. The number of hydrogen-bond donors (Lipinski definition) is 2. The lowest BCUT2D eigenvalue weighted by Crippen LogP contribution is -2.46. The molecule has 1 saturated heterocycles. The number of nitrogens with zero attached hydrogens (tertiary/aromatic N) is 2. The van der Waals surface area contributed by atoms with E-state index in [1.807, 2.05) is 37.3 Å². The fourth-order valence-corrected chi connectivity index (χ4v) is 3.40. The van der Waals surface area contributed by atoms with Crippen LogP contribution in [0.25, 0.3) is 0 Å². The molecule has 3 N–H and O–H groups in total. The predicted molar refractivity (Wildman–Crippen MR) is 110 cm³/mol. The van der Waals surface area contributed by atoms with Crippen molar-refractivity contribution < 1.29 is 14.3 Å². The molecule has 0 aliphatic carbocycles. The zero-order chi connectivity index (χ0) is 20.6. The fourth-order valence-electron chi connectivity index (χ4n) is 3.40. The third-order valence-electron chi connectivity index (χ3n) is 4.99. The summed E-state index contributed by atoms with van der Waals surface area (Å²) in [5, 5.41) is 2.82. The highest BCUT2D eigenvalue weighted by Gasteiger charge is 2.28. The molecule has 2 amide bonds. The Morgan fingerprint density at radius 3 is 2.93 bits per heavy atom. The number of rotatable bonds is 7. The summed E-state index contributed by atoms with van der Waals surface area (Å²) in [7, 11) is 0. The molecule has 1 unspecified atom stereocenters. The van der Waals surface area contributed by atoms with Crippen molar-refractivity contribution in [1.82, 2.24) is 15.2 Å². The zero-order valence-corrected chi connectivity index (χ0v) is 16.8. The zero-order valence-electron chi connectivity index (χ0n) is 16.8. The van der Waals surface area contributed by atoms with Gasteiger partial charge in [0.25, 0.3) is 5.91 Å². The van der Waals surface area contributed by atoms with E-state index in [4.69, 9.17) is 10.5 Å². The van der Waals surface area contributed by atoms with Crippen LogP contribution in [0.1, 0.15) is 34.5 Å². The largest absolute Gasteiger partial charge is 0.487 e. The molecule has 1 aromatic carbocycles. The number of pyridine rings is 1. The molecule has 154 valence electrons. The molecular weight excluding hydrogens is 368 g/mol. The Hall–Kier alpha value is -2.93. The van der Waals surface area contributed by atoms with Gasteiger partial charge < -0.3 is 20.7 Å². The average molecular weight is 396 g/mol. The number of ether oxygens (including phenoxy) is 1. The minimum atomic E-state index is -0.181. The standard InChI is InChI=1S/C22H28N4O3/c1-16-7-8-20(13-25-16)29-15-17-4-2-5-18(12-17)22(28)26-11-3-6-19(14-26)21(27)24-10-9-23/h2,4-5,7-8,12-13,19H,3,6,9-11,14-15,23H2,1H3,(H,24,27). The molecule has 7 nitrogen and oxygen atoms in total. The first kappa shape index (κ1) is 20.8. The van der Waals surface area contributed by atoms with Crippen molar-refractivity contribution in [3.8, 4) is 5.75 Å². The highest BCUT2D eigenvalue weighted by atomic mass is 16.5. The van der Waals surface area contributed by atoms with E-state index in [0.29, 0.717) is 44.1 Å². The number of aromatic nitrogens is 1. The number of likely N-dealkylation sites (tertiary alicyclic amines) is 1. The van der Waals surface area contributed by atoms with Crippen LogP contribution >= 0.6 is 0 Å². The van der Waals surface area contributed by atoms with Crippen LogP contribution in [0.5, 0.6) is 5.75 Å². The van der Waals surface area contributed by atoms with Crippen LogP contribution in [0.2, 0.25) is 0 Å². The van der Waals surface area contributed by atoms with Crippen molar-refractivity contribution in [3.63, 3.8) is 0 Å². The SMILES string of the molecule is Cc1ccc(OCc2cccc(C(=O)N3CCCC(C(=O)NCCN)C3)c2)cn1. The van der Waals surface area contributed by atoms with Gasteiger partial charge in [0, 0.05) is 37.4 Å². The summed E-state index contributed by atoms with van der Waals surface area (Å²) in [5.41, 5.74) is 7.89. The normalized spacial score (nSPS) is 16.3. The summed E-state index contributed by atoms with van der Waals surface area (Å²) in [6, 6.07) is 11.2. The summed E-state index contributed by atoms with van der Waals surface area (Å²) in [6.45, 7) is 4.25. The van der Waals surface area contributed by atoms with Crippen molar-refractivity contribution in [2.45, 2.75) is 26.4 Å². The highest BCUT2D eigenvalue weighted by molar-refractivity contribution is 5.95. The van der Waals surface area contributed by atoms with Gasteiger partial charge >= 0.3 is 0 Å². The van der Waals surface area contributed by atoms with Crippen LogP contribution in [0.15, 0.2) is 42.6 Å². The molecule has 7 heteroatoms. The number of hydrogen-bond acceptors (Lipinski definition) is 5. The molecule has 1 atom stereocenters. The van der Waals surface area contributed by atoms with Gasteiger partial charge in [-0.2, -0.15) is 0 Å². The first-order valence-corrected chi connectivity index (χ1v) is 9.98. The third kappa shape index (κ3) is 5.77. The van der Waals surface area contributed by atoms with Crippen molar-refractivity contribution in [1.29, 1.82) is 0 Å². The molecule has 3 rings (SSSR count). The topological polar surface area (TPSA) is 97.5 Å². The minimum absolute atomic E-state index is 0.0261. The Bertz CT molecular complexity index is 838. The number of amides is 2. The highest BCUT2D eigenvalue weighted by Crippen LogP contribution is 2.20. The Kier molecular flexibility index (Phi) is 7.19. The molecule has 1 aromatic heterocycles. The number of aryl methyl sites for hydroxylation is 1. The van der Waals surface area contributed by atoms with Gasteiger partial charge in [-0.25, -0.2) is 0 Å². The number of nitrogens with one attached hydrogen (secondary N) is 1. The minimum Gasteiger partial charge on any atom is -0.487 e. The van der Waals surface area contributed by atoms with Gasteiger partial charge in [0.15, 0.2) is 0 Å². The maximum atomic E-state index is 13.0. The van der Waals surface area contributed by atoms with E-state index in [1.165, 1.54) is 0 Å². The third-order valence-corrected chi connectivity index (χ3v) is 4.99. The van der Waals surface area contributed by atoms with Gasteiger partial charge in [-0.3, -0.25) is 14.6 Å². The van der Waals surface area contributed by atoms with Crippen molar-refractivity contribution in [2.75, 3.05) is 26.2 Å². The summed E-state index contributed by atoms with van der Waals surface area (Å²) in [5.74, 6) is 0.427. The summed E-state index contributed by atoms with van der Waals surface area (Å²) >= 11 is 0. The number of piperidine rings is 1. The van der Waals surface area contributed by atoms with E-state index in [9.17, 15) is 9.59 Å². The Labute approximate surface area is 171 Å². The monoisotopic (exact) mass is 396 g/mol. The van der Waals surface area contributed by atoms with Gasteiger partial charge in [-0.05, 0) is 49.6 Å². The van der Waals surface area contributed by atoms with E-state index in [0.717, 1.165) is 24.1 Å². The van der Waals surface area contributed by atoms with Crippen LogP contribution in [-0.4, -0.2) is 47.9 Å². The first-order chi connectivity index (χ1) is 14.1. The van der Waals surface area contributed by atoms with Crippen molar-refractivity contribution >= 4 is 11.8 Å². The van der Waals surface area contributed by atoms with E-state index in [1.54, 1.807) is 17.2 Å². The van der Waals surface area contributed by atoms with E-state index in [2.05, 4.69) is 10.3 Å². The van der Waals surface area contributed by atoms with Crippen LogP contribution in [-0.2, 0) is 11.4 Å². The number of nitrogens with two attached hydrogens (primary N) is 1. The number of carbonyl (C=O) groups is 2. The van der Waals surface area contributed by atoms with Gasteiger partial charge in [0.05, 0.1) is 12.1 Å². The van der Waals surface area contributed by atoms with Gasteiger partial charge in [0.1, 0.15) is 12.4 Å². The summed E-state index contributed by atoms with van der Waals surface area (Å²) < 4.78 is 5.76.